The van der Waals surface area contributed by atoms with Crippen molar-refractivity contribution >= 4 is 40.0 Å². The maximum absolute atomic E-state index is 12.5. The third-order valence-electron chi connectivity index (χ3n) is 3.60. The molecule has 2 aromatic carbocycles. The number of aromatic nitrogens is 1. The van der Waals surface area contributed by atoms with Gasteiger partial charge in [-0.05, 0) is 36.2 Å². The molecule has 1 N–H and O–H groups in total. The normalized spacial score (nSPS) is 10.7. The van der Waals surface area contributed by atoms with Crippen LogP contribution in [0.2, 0.25) is 10.0 Å². The van der Waals surface area contributed by atoms with E-state index in [-0.39, 0.29) is 5.91 Å². The Hall–Kier alpha value is -2.10. The molecule has 0 saturated carbocycles. The fourth-order valence-electron chi connectivity index (χ4n) is 2.46. The van der Waals surface area contributed by atoms with Crippen LogP contribution in [0.3, 0.4) is 0 Å². The van der Waals surface area contributed by atoms with Crippen molar-refractivity contribution in [1.29, 1.82) is 0 Å². The first kappa shape index (κ1) is 15.8. The predicted octanol–water partition coefficient (Wildman–Crippen LogP) is 4.51. The number of halogens is 2. The van der Waals surface area contributed by atoms with E-state index in [1.165, 1.54) is 0 Å². The number of carbonyl (C=O) groups is 1. The van der Waals surface area contributed by atoms with Crippen LogP contribution in [0.4, 0.5) is 0 Å². The van der Waals surface area contributed by atoms with Crippen LogP contribution >= 0.6 is 23.2 Å². The van der Waals surface area contributed by atoms with Crippen molar-refractivity contribution in [2.45, 2.75) is 6.42 Å². The second kappa shape index (κ2) is 6.99. The van der Waals surface area contributed by atoms with Gasteiger partial charge in [0.05, 0.1) is 16.1 Å². The number of nitrogens with one attached hydrogen (secondary N) is 1. The summed E-state index contributed by atoms with van der Waals surface area (Å²) in [4.78, 5) is 16.7. The van der Waals surface area contributed by atoms with Crippen LogP contribution in [-0.4, -0.2) is 17.4 Å². The van der Waals surface area contributed by atoms with Crippen LogP contribution in [0.25, 0.3) is 10.9 Å². The zero-order chi connectivity index (χ0) is 16.2. The van der Waals surface area contributed by atoms with E-state index in [0.717, 1.165) is 16.5 Å². The second-order valence-corrected chi connectivity index (χ2v) is 5.90. The van der Waals surface area contributed by atoms with E-state index < -0.39 is 0 Å². The fraction of sp³-hybridized carbons (Fsp3) is 0.111. The molecule has 0 aliphatic rings. The molecule has 0 fully saturated rings. The highest BCUT2D eigenvalue weighted by molar-refractivity contribution is 6.35. The van der Waals surface area contributed by atoms with Gasteiger partial charge in [-0.25, -0.2) is 0 Å². The third-order valence-corrected chi connectivity index (χ3v) is 4.28. The molecular formula is C18H14Cl2N2O. The number of benzene rings is 2. The summed E-state index contributed by atoms with van der Waals surface area (Å²) in [5, 5.41) is 4.76. The molecule has 1 heterocycles. The standard InChI is InChI=1S/C18H14Cl2N2O/c19-14-6-2-1-4-12(14)9-11-22-18(23)17-13-5-3-10-21-16(13)8-7-15(17)20/h1-8,10H,9,11H2,(H,22,23). The first-order valence-corrected chi connectivity index (χ1v) is 7.97. The zero-order valence-corrected chi connectivity index (χ0v) is 13.7. The summed E-state index contributed by atoms with van der Waals surface area (Å²) in [5.74, 6) is -0.208. The van der Waals surface area contributed by atoms with Crippen LogP contribution in [0.1, 0.15) is 15.9 Å². The summed E-state index contributed by atoms with van der Waals surface area (Å²) in [6, 6.07) is 14.7. The van der Waals surface area contributed by atoms with Gasteiger partial charge in [-0.3, -0.25) is 9.78 Å². The van der Waals surface area contributed by atoms with Gasteiger partial charge in [0.25, 0.3) is 5.91 Å². The monoisotopic (exact) mass is 344 g/mol. The van der Waals surface area contributed by atoms with Gasteiger partial charge < -0.3 is 5.32 Å². The van der Waals surface area contributed by atoms with Crippen LogP contribution < -0.4 is 5.32 Å². The highest BCUT2D eigenvalue weighted by Gasteiger charge is 2.14. The lowest BCUT2D eigenvalue weighted by Gasteiger charge is -2.10. The van der Waals surface area contributed by atoms with Gasteiger partial charge in [-0.15, -0.1) is 0 Å². The Bertz CT molecular complexity index is 865. The van der Waals surface area contributed by atoms with E-state index in [1.54, 1.807) is 24.4 Å². The van der Waals surface area contributed by atoms with E-state index in [0.29, 0.717) is 28.6 Å². The molecule has 0 aliphatic carbocycles. The van der Waals surface area contributed by atoms with Crippen LogP contribution in [0.5, 0.6) is 0 Å². The van der Waals surface area contributed by atoms with E-state index in [4.69, 9.17) is 23.2 Å². The van der Waals surface area contributed by atoms with Gasteiger partial charge in [0, 0.05) is 23.2 Å². The maximum atomic E-state index is 12.5. The zero-order valence-electron chi connectivity index (χ0n) is 12.2. The molecule has 116 valence electrons. The number of carbonyl (C=O) groups excluding carboxylic acids is 1. The molecule has 0 unspecified atom stereocenters. The molecule has 0 atom stereocenters. The van der Waals surface area contributed by atoms with Crippen LogP contribution in [-0.2, 0) is 6.42 Å². The van der Waals surface area contributed by atoms with Gasteiger partial charge in [-0.1, -0.05) is 47.5 Å². The molecular weight excluding hydrogens is 331 g/mol. The summed E-state index contributed by atoms with van der Waals surface area (Å²) in [6.07, 6.45) is 2.35. The van der Waals surface area contributed by atoms with E-state index in [2.05, 4.69) is 10.3 Å². The number of pyridine rings is 1. The van der Waals surface area contributed by atoms with Crippen LogP contribution in [0.15, 0.2) is 54.7 Å². The molecule has 0 radical (unpaired) electrons. The van der Waals surface area contributed by atoms with Crippen LogP contribution in [0, 0.1) is 0 Å². The highest BCUT2D eigenvalue weighted by Crippen LogP contribution is 2.24. The Kier molecular flexibility index (Phi) is 4.79. The first-order chi connectivity index (χ1) is 11.2. The Balaban J connectivity index is 1.76. The Labute approximate surface area is 144 Å². The average molecular weight is 345 g/mol. The van der Waals surface area contributed by atoms with Crippen molar-refractivity contribution in [1.82, 2.24) is 10.3 Å². The van der Waals surface area contributed by atoms with Crippen molar-refractivity contribution < 1.29 is 4.79 Å². The Morgan fingerprint density at radius 3 is 2.65 bits per heavy atom. The summed E-state index contributed by atoms with van der Waals surface area (Å²) in [7, 11) is 0. The Morgan fingerprint density at radius 2 is 1.83 bits per heavy atom. The quantitative estimate of drug-likeness (QED) is 0.756. The maximum Gasteiger partial charge on any atom is 0.253 e. The van der Waals surface area contributed by atoms with Crippen molar-refractivity contribution in [3.8, 4) is 0 Å². The van der Waals surface area contributed by atoms with Crippen molar-refractivity contribution in [2.75, 3.05) is 6.54 Å². The summed E-state index contributed by atoms with van der Waals surface area (Å²) < 4.78 is 0. The number of nitrogens with zero attached hydrogens (tertiary/aromatic N) is 1. The molecule has 23 heavy (non-hydrogen) atoms. The Morgan fingerprint density at radius 1 is 1.00 bits per heavy atom. The third kappa shape index (κ3) is 3.46. The largest absolute Gasteiger partial charge is 0.352 e. The molecule has 0 bridgehead atoms. The topological polar surface area (TPSA) is 42.0 Å². The number of amides is 1. The van der Waals surface area contributed by atoms with Gasteiger partial charge >= 0.3 is 0 Å². The van der Waals surface area contributed by atoms with Crippen molar-refractivity contribution in [3.05, 3.63) is 75.9 Å². The summed E-state index contributed by atoms with van der Waals surface area (Å²) in [5.41, 5.74) is 2.20. The van der Waals surface area contributed by atoms with Crippen molar-refractivity contribution in [2.24, 2.45) is 0 Å². The molecule has 5 heteroatoms. The predicted molar refractivity (Wildman–Crippen MR) is 94.2 cm³/mol. The van der Waals surface area contributed by atoms with Crippen molar-refractivity contribution in [3.63, 3.8) is 0 Å². The lowest BCUT2D eigenvalue weighted by Crippen LogP contribution is -2.26. The van der Waals surface area contributed by atoms with Gasteiger partial charge in [0.1, 0.15) is 0 Å². The molecule has 0 saturated heterocycles. The molecule has 1 amide bonds. The molecule has 3 nitrogen and oxygen atoms in total. The number of hydrogen-bond donors (Lipinski definition) is 1. The summed E-state index contributed by atoms with van der Waals surface area (Å²) in [6.45, 7) is 0.482. The molecule has 0 spiro atoms. The SMILES string of the molecule is O=C(NCCc1ccccc1Cl)c1c(Cl)ccc2ncccc12. The smallest absolute Gasteiger partial charge is 0.253 e. The first-order valence-electron chi connectivity index (χ1n) is 7.21. The molecule has 0 aliphatic heterocycles. The minimum atomic E-state index is -0.208. The summed E-state index contributed by atoms with van der Waals surface area (Å²) >= 11 is 12.3. The van der Waals surface area contributed by atoms with Gasteiger partial charge in [0.15, 0.2) is 0 Å². The fourth-order valence-corrected chi connectivity index (χ4v) is 2.94. The number of fused-ring (bicyclic) bond motifs is 1. The second-order valence-electron chi connectivity index (χ2n) is 5.09. The number of hydrogen-bond acceptors (Lipinski definition) is 2. The van der Waals surface area contributed by atoms with E-state index in [1.807, 2.05) is 30.3 Å². The minimum Gasteiger partial charge on any atom is -0.352 e. The van der Waals surface area contributed by atoms with E-state index in [9.17, 15) is 4.79 Å². The molecule has 3 rings (SSSR count). The minimum absolute atomic E-state index is 0.208. The number of rotatable bonds is 4. The lowest BCUT2D eigenvalue weighted by atomic mass is 10.1. The van der Waals surface area contributed by atoms with Gasteiger partial charge in [0.2, 0.25) is 0 Å². The van der Waals surface area contributed by atoms with E-state index >= 15 is 0 Å². The highest BCUT2D eigenvalue weighted by atomic mass is 35.5. The molecule has 1 aromatic heterocycles. The van der Waals surface area contributed by atoms with Gasteiger partial charge in [-0.2, -0.15) is 0 Å². The lowest BCUT2D eigenvalue weighted by molar-refractivity contribution is 0.0956. The molecule has 3 aromatic rings. The average Bonchev–Trinajstić information content (AvgIpc) is 2.56.